The highest BCUT2D eigenvalue weighted by Gasteiger charge is 2.13. The third kappa shape index (κ3) is 3.34. The number of hydrogen-bond donors (Lipinski definition) is 0. The van der Waals surface area contributed by atoms with Crippen molar-refractivity contribution in [3.63, 3.8) is 0 Å². The Hall–Kier alpha value is -0.940. The maximum atomic E-state index is 13.8. The maximum absolute atomic E-state index is 13.8. The molecule has 0 radical (unpaired) electrons. The van der Waals surface area contributed by atoms with Crippen LogP contribution in [-0.4, -0.2) is 0 Å². The van der Waals surface area contributed by atoms with Gasteiger partial charge in [0, 0.05) is 4.47 Å². The van der Waals surface area contributed by atoms with E-state index in [-0.39, 0.29) is 16.6 Å². The van der Waals surface area contributed by atoms with Gasteiger partial charge in [-0.2, -0.15) is 0 Å². The maximum Gasteiger partial charge on any atom is 0.146 e. The summed E-state index contributed by atoms with van der Waals surface area (Å²) in [4.78, 5) is 0. The zero-order valence-corrected chi connectivity index (χ0v) is 13.2. The zero-order valence-electron chi connectivity index (χ0n) is 10.0. The van der Waals surface area contributed by atoms with Gasteiger partial charge in [0.2, 0.25) is 0 Å². The van der Waals surface area contributed by atoms with Gasteiger partial charge in [-0.15, -0.1) is 0 Å². The molecule has 0 saturated heterocycles. The fraction of sp³-hybridized carbons (Fsp3) is 0.143. The Morgan fingerprint density at radius 2 is 1.84 bits per heavy atom. The molecule has 100 valence electrons. The number of ether oxygens (including phenoxy) is 1. The van der Waals surface area contributed by atoms with E-state index in [1.165, 1.54) is 12.1 Å². The molecular weight excluding hydrogens is 382 g/mol. The Morgan fingerprint density at radius 1 is 1.11 bits per heavy atom. The number of benzene rings is 2. The zero-order chi connectivity index (χ0) is 14.0. The SMILES string of the molecule is Cc1ccc(Br)cc1OCc1c(F)ccc(Br)c1F. The molecule has 0 aliphatic rings. The van der Waals surface area contributed by atoms with Crippen LogP contribution in [0.15, 0.2) is 39.3 Å². The molecule has 0 aliphatic heterocycles. The Kier molecular flexibility index (Phi) is 4.58. The Labute approximate surface area is 126 Å². The quantitative estimate of drug-likeness (QED) is 0.638. The highest BCUT2D eigenvalue weighted by molar-refractivity contribution is 9.10. The van der Waals surface area contributed by atoms with E-state index in [1.54, 1.807) is 6.07 Å². The van der Waals surface area contributed by atoms with Crippen LogP contribution in [0.1, 0.15) is 11.1 Å². The van der Waals surface area contributed by atoms with Gasteiger partial charge in [0.25, 0.3) is 0 Å². The lowest BCUT2D eigenvalue weighted by atomic mass is 10.2. The lowest BCUT2D eigenvalue weighted by molar-refractivity contribution is 0.290. The molecule has 0 aromatic heterocycles. The average molecular weight is 392 g/mol. The van der Waals surface area contributed by atoms with E-state index in [0.29, 0.717) is 5.75 Å². The third-order valence-electron chi connectivity index (χ3n) is 2.66. The van der Waals surface area contributed by atoms with Crippen LogP contribution in [0.3, 0.4) is 0 Å². The van der Waals surface area contributed by atoms with Gasteiger partial charge in [-0.25, -0.2) is 8.78 Å². The van der Waals surface area contributed by atoms with E-state index < -0.39 is 11.6 Å². The molecule has 0 fully saturated rings. The first-order valence-electron chi connectivity index (χ1n) is 5.50. The van der Waals surface area contributed by atoms with Crippen molar-refractivity contribution in [3.05, 3.63) is 62.0 Å². The van der Waals surface area contributed by atoms with Gasteiger partial charge in [0.15, 0.2) is 0 Å². The van der Waals surface area contributed by atoms with E-state index in [2.05, 4.69) is 31.9 Å². The highest BCUT2D eigenvalue weighted by atomic mass is 79.9. The molecule has 0 amide bonds. The fourth-order valence-corrected chi connectivity index (χ4v) is 2.29. The Morgan fingerprint density at radius 3 is 2.58 bits per heavy atom. The van der Waals surface area contributed by atoms with E-state index in [0.717, 1.165) is 10.0 Å². The predicted octanol–water partition coefficient (Wildman–Crippen LogP) is 5.38. The second-order valence-electron chi connectivity index (χ2n) is 4.02. The molecule has 2 aromatic carbocycles. The summed E-state index contributed by atoms with van der Waals surface area (Å²) in [6.45, 7) is 1.71. The molecule has 1 nitrogen and oxygen atoms in total. The van der Waals surface area contributed by atoms with Crippen molar-refractivity contribution in [1.82, 2.24) is 0 Å². The largest absolute Gasteiger partial charge is 0.488 e. The first-order chi connectivity index (χ1) is 8.99. The summed E-state index contributed by atoms with van der Waals surface area (Å²) < 4.78 is 33.9. The van der Waals surface area contributed by atoms with Crippen molar-refractivity contribution in [2.24, 2.45) is 0 Å². The monoisotopic (exact) mass is 390 g/mol. The normalized spacial score (nSPS) is 10.6. The second-order valence-corrected chi connectivity index (χ2v) is 5.79. The molecule has 2 rings (SSSR count). The summed E-state index contributed by atoms with van der Waals surface area (Å²) in [5.41, 5.74) is 0.813. The lowest BCUT2D eigenvalue weighted by Crippen LogP contribution is -2.03. The molecular formula is C14H10Br2F2O. The second kappa shape index (κ2) is 6.01. The number of hydrogen-bond acceptors (Lipinski definition) is 1. The third-order valence-corrected chi connectivity index (χ3v) is 3.77. The van der Waals surface area contributed by atoms with Crippen LogP contribution in [0.5, 0.6) is 5.75 Å². The van der Waals surface area contributed by atoms with E-state index in [1.807, 2.05) is 19.1 Å². The molecule has 0 unspecified atom stereocenters. The first kappa shape index (κ1) is 14.5. The number of aryl methyl sites for hydroxylation is 1. The molecule has 0 saturated carbocycles. The van der Waals surface area contributed by atoms with Gasteiger partial charge < -0.3 is 4.74 Å². The molecule has 5 heteroatoms. The van der Waals surface area contributed by atoms with Gasteiger partial charge in [0.05, 0.1) is 10.0 Å². The molecule has 0 N–H and O–H groups in total. The topological polar surface area (TPSA) is 9.23 Å². The Balaban J connectivity index is 2.24. The number of halogens is 4. The lowest BCUT2D eigenvalue weighted by Gasteiger charge is -2.11. The van der Waals surface area contributed by atoms with Crippen LogP contribution in [0.4, 0.5) is 8.78 Å². The van der Waals surface area contributed by atoms with Crippen LogP contribution in [0, 0.1) is 18.6 Å². The van der Waals surface area contributed by atoms with Crippen LogP contribution >= 0.6 is 31.9 Å². The number of rotatable bonds is 3. The molecule has 0 heterocycles. The van der Waals surface area contributed by atoms with E-state index in [9.17, 15) is 8.78 Å². The summed E-state index contributed by atoms with van der Waals surface area (Å²) >= 11 is 6.36. The minimum Gasteiger partial charge on any atom is -0.488 e. The highest BCUT2D eigenvalue weighted by Crippen LogP contribution is 2.26. The summed E-state index contributed by atoms with van der Waals surface area (Å²) in [5, 5.41) is 0. The smallest absolute Gasteiger partial charge is 0.146 e. The van der Waals surface area contributed by atoms with Crippen molar-refractivity contribution >= 4 is 31.9 Å². The fourth-order valence-electron chi connectivity index (χ4n) is 1.58. The van der Waals surface area contributed by atoms with Gasteiger partial charge in [-0.1, -0.05) is 22.0 Å². The molecule has 0 atom stereocenters. The standard InChI is InChI=1S/C14H10Br2F2O/c1-8-2-3-9(15)6-13(8)19-7-10-12(17)5-4-11(16)14(10)18/h2-6H,7H2,1H3. The summed E-state index contributed by atoms with van der Waals surface area (Å²) in [5.74, 6) is -0.658. The minimum absolute atomic E-state index is 0.0891. The van der Waals surface area contributed by atoms with Crippen molar-refractivity contribution in [2.75, 3.05) is 0 Å². The van der Waals surface area contributed by atoms with Crippen molar-refractivity contribution in [2.45, 2.75) is 13.5 Å². The summed E-state index contributed by atoms with van der Waals surface area (Å²) in [6, 6.07) is 8.05. The van der Waals surface area contributed by atoms with E-state index >= 15 is 0 Å². The van der Waals surface area contributed by atoms with Gasteiger partial charge in [-0.05, 0) is 52.7 Å². The predicted molar refractivity (Wildman–Crippen MR) is 77.3 cm³/mol. The molecule has 19 heavy (non-hydrogen) atoms. The molecule has 0 aliphatic carbocycles. The van der Waals surface area contributed by atoms with E-state index in [4.69, 9.17) is 4.74 Å². The summed E-state index contributed by atoms with van der Waals surface area (Å²) in [6.07, 6.45) is 0. The van der Waals surface area contributed by atoms with Crippen LogP contribution in [0.25, 0.3) is 0 Å². The van der Waals surface area contributed by atoms with Crippen molar-refractivity contribution in [1.29, 1.82) is 0 Å². The van der Waals surface area contributed by atoms with Gasteiger partial charge in [-0.3, -0.25) is 0 Å². The molecule has 0 spiro atoms. The Bertz CT molecular complexity index is 615. The van der Waals surface area contributed by atoms with Crippen molar-refractivity contribution < 1.29 is 13.5 Å². The van der Waals surface area contributed by atoms with Gasteiger partial charge in [0.1, 0.15) is 24.0 Å². The average Bonchev–Trinajstić information content (AvgIpc) is 2.38. The summed E-state index contributed by atoms with van der Waals surface area (Å²) in [7, 11) is 0. The minimum atomic E-state index is -0.632. The van der Waals surface area contributed by atoms with Crippen LogP contribution < -0.4 is 4.74 Å². The molecule has 0 bridgehead atoms. The van der Waals surface area contributed by atoms with Crippen molar-refractivity contribution in [3.8, 4) is 5.75 Å². The van der Waals surface area contributed by atoms with Gasteiger partial charge >= 0.3 is 0 Å². The molecule has 2 aromatic rings. The first-order valence-corrected chi connectivity index (χ1v) is 7.09. The van der Waals surface area contributed by atoms with Crippen LogP contribution in [0.2, 0.25) is 0 Å². The van der Waals surface area contributed by atoms with Crippen LogP contribution in [-0.2, 0) is 6.61 Å².